The molecule has 134 valence electrons. The molecule has 1 aromatic heterocycles. The smallest absolute Gasteiger partial charge is 0.220 e. The molecule has 0 unspecified atom stereocenters. The van der Waals surface area contributed by atoms with Gasteiger partial charge >= 0.3 is 0 Å². The van der Waals surface area contributed by atoms with Crippen LogP contribution in [0.2, 0.25) is 0 Å². The van der Waals surface area contributed by atoms with Crippen molar-refractivity contribution in [1.29, 1.82) is 0 Å². The Balaban J connectivity index is 0.00000121. The van der Waals surface area contributed by atoms with Crippen molar-refractivity contribution >= 4 is 45.5 Å². The molecule has 4 aromatic rings. The number of hydrogen-bond donors (Lipinski definition) is 2. The number of anilines is 2. The van der Waals surface area contributed by atoms with Crippen molar-refractivity contribution in [3.63, 3.8) is 0 Å². The summed E-state index contributed by atoms with van der Waals surface area (Å²) in [6.45, 7) is 3.02. The van der Waals surface area contributed by atoms with Gasteiger partial charge in [-0.05, 0) is 43.3 Å². The topological polar surface area (TPSA) is 55.9 Å². The van der Waals surface area contributed by atoms with E-state index in [2.05, 4.69) is 60.0 Å². The lowest BCUT2D eigenvalue weighted by molar-refractivity contribution is -0.655. The first-order valence-electron chi connectivity index (χ1n) is 8.18. The van der Waals surface area contributed by atoms with Gasteiger partial charge in [0.2, 0.25) is 11.2 Å². The van der Waals surface area contributed by atoms with Gasteiger partial charge in [0.1, 0.15) is 6.54 Å². The van der Waals surface area contributed by atoms with E-state index in [1.165, 1.54) is 27.4 Å². The zero-order chi connectivity index (χ0) is 16.7. The molecule has 0 atom stereocenters. The maximum Gasteiger partial charge on any atom is 0.220 e. The van der Waals surface area contributed by atoms with Crippen LogP contribution < -0.4 is 33.0 Å². The number of nitrogens with zero attached hydrogens (tertiary/aromatic N) is 1. The molecule has 0 amide bonds. The zero-order valence-electron chi connectivity index (χ0n) is 14.4. The summed E-state index contributed by atoms with van der Waals surface area (Å²) in [5, 5.41) is 3.56. The quantitative estimate of drug-likeness (QED) is 0.288. The Morgan fingerprint density at radius 1 is 0.769 bits per heavy atom. The second-order valence-electron chi connectivity index (χ2n) is 6.04. The average Bonchev–Trinajstić information content (AvgIpc) is 2.61. The number of aromatic nitrogens is 1. The molecule has 0 spiro atoms. The number of fused-ring (bicyclic) bond motifs is 3. The summed E-state index contributed by atoms with van der Waals surface area (Å²) in [5.74, 6) is 0. The van der Waals surface area contributed by atoms with E-state index in [1.54, 1.807) is 0 Å². The number of halogens is 2. The second-order valence-corrected chi connectivity index (χ2v) is 6.04. The normalized spacial score (nSPS) is 10.3. The lowest BCUT2D eigenvalue weighted by Crippen LogP contribution is -3.00. The van der Waals surface area contributed by atoms with E-state index in [0.29, 0.717) is 0 Å². The summed E-state index contributed by atoms with van der Waals surface area (Å²) in [7, 11) is 0. The number of aryl methyl sites for hydroxylation is 1. The van der Waals surface area contributed by atoms with Crippen LogP contribution >= 0.6 is 12.4 Å². The lowest BCUT2D eigenvalue weighted by Gasteiger charge is -2.12. The number of pyridine rings is 1. The predicted molar refractivity (Wildman–Crippen MR) is 109 cm³/mol. The zero-order valence-corrected chi connectivity index (χ0v) is 16.8. The van der Waals surface area contributed by atoms with Gasteiger partial charge < -0.3 is 28.4 Å². The SMILES string of the molecule is CC[n+]1c(-c2ccccc2)c2cc(N)ccc2c2ccc(N)cc21.Cl.[Br-]. The first-order valence-corrected chi connectivity index (χ1v) is 8.18. The van der Waals surface area contributed by atoms with Gasteiger partial charge in [-0.15, -0.1) is 12.4 Å². The molecular formula is C21H21BrClN3. The maximum atomic E-state index is 6.10. The van der Waals surface area contributed by atoms with Gasteiger partial charge in [0.25, 0.3) is 0 Å². The van der Waals surface area contributed by atoms with Crippen LogP contribution in [0.15, 0.2) is 66.7 Å². The molecule has 4 N–H and O–H groups in total. The molecule has 0 saturated heterocycles. The molecule has 0 aliphatic rings. The number of nitrogens with two attached hydrogens (primary N) is 2. The van der Waals surface area contributed by atoms with Crippen molar-refractivity contribution in [1.82, 2.24) is 0 Å². The van der Waals surface area contributed by atoms with E-state index in [1.807, 2.05) is 18.2 Å². The van der Waals surface area contributed by atoms with Crippen molar-refractivity contribution in [3.8, 4) is 11.3 Å². The monoisotopic (exact) mass is 429 g/mol. The van der Waals surface area contributed by atoms with Crippen LogP contribution in [0.25, 0.3) is 32.9 Å². The third kappa shape index (κ3) is 3.22. The molecule has 5 heteroatoms. The highest BCUT2D eigenvalue weighted by molar-refractivity contribution is 6.10. The fourth-order valence-corrected chi connectivity index (χ4v) is 3.49. The van der Waals surface area contributed by atoms with Crippen LogP contribution in [0.4, 0.5) is 11.4 Å². The van der Waals surface area contributed by atoms with Gasteiger partial charge in [-0.1, -0.05) is 24.3 Å². The number of benzene rings is 3. The fourth-order valence-electron chi connectivity index (χ4n) is 3.49. The van der Waals surface area contributed by atoms with E-state index in [4.69, 9.17) is 11.5 Å². The van der Waals surface area contributed by atoms with Gasteiger partial charge in [0.15, 0.2) is 0 Å². The van der Waals surface area contributed by atoms with Crippen LogP contribution in [-0.2, 0) is 6.54 Å². The highest BCUT2D eigenvalue weighted by atomic mass is 79.9. The van der Waals surface area contributed by atoms with Gasteiger partial charge in [-0.3, -0.25) is 0 Å². The Labute approximate surface area is 169 Å². The molecule has 26 heavy (non-hydrogen) atoms. The first kappa shape index (κ1) is 20.0. The Bertz CT molecular complexity index is 1070. The van der Waals surface area contributed by atoms with E-state index >= 15 is 0 Å². The summed E-state index contributed by atoms with van der Waals surface area (Å²) in [6, 6.07) is 22.7. The standard InChI is InChI=1S/C21H19N3.BrH.ClH/c1-2-24-20-13-16(23)9-11-18(20)17-10-8-15(22)12-19(17)21(24)14-6-4-3-5-7-14;;/h3-13,23H,2,22H2,1H3;2*1H. The first-order chi connectivity index (χ1) is 11.7. The lowest BCUT2D eigenvalue weighted by atomic mass is 9.98. The van der Waals surface area contributed by atoms with Gasteiger partial charge in [-0.25, -0.2) is 0 Å². The molecule has 1 heterocycles. The molecule has 0 fully saturated rings. The summed E-state index contributed by atoms with van der Waals surface area (Å²) >= 11 is 0. The van der Waals surface area contributed by atoms with Crippen LogP contribution in [0.5, 0.6) is 0 Å². The average molecular weight is 431 g/mol. The van der Waals surface area contributed by atoms with Gasteiger partial charge in [-0.2, -0.15) is 4.57 Å². The minimum atomic E-state index is 0. The second kappa shape index (κ2) is 7.94. The van der Waals surface area contributed by atoms with Crippen molar-refractivity contribution in [2.24, 2.45) is 0 Å². The molecule has 0 saturated carbocycles. The molecule has 0 aliphatic carbocycles. The Morgan fingerprint density at radius 2 is 1.38 bits per heavy atom. The fraction of sp³-hybridized carbons (Fsp3) is 0.0952. The summed E-state index contributed by atoms with van der Waals surface area (Å²) in [4.78, 5) is 0. The molecule has 0 bridgehead atoms. The number of rotatable bonds is 2. The summed E-state index contributed by atoms with van der Waals surface area (Å²) in [6.07, 6.45) is 0. The Kier molecular flexibility index (Phi) is 6.11. The summed E-state index contributed by atoms with van der Waals surface area (Å²) < 4.78 is 2.32. The third-order valence-electron chi connectivity index (χ3n) is 4.53. The van der Waals surface area contributed by atoms with E-state index in [-0.39, 0.29) is 29.4 Å². The van der Waals surface area contributed by atoms with E-state index in [9.17, 15) is 0 Å². The van der Waals surface area contributed by atoms with Crippen molar-refractivity contribution in [3.05, 3.63) is 66.7 Å². The van der Waals surface area contributed by atoms with Crippen molar-refractivity contribution in [2.45, 2.75) is 13.5 Å². The van der Waals surface area contributed by atoms with Crippen LogP contribution in [0.1, 0.15) is 6.92 Å². The highest BCUT2D eigenvalue weighted by Gasteiger charge is 2.22. The largest absolute Gasteiger partial charge is 1.00 e. The molecule has 3 nitrogen and oxygen atoms in total. The Morgan fingerprint density at radius 3 is 2.04 bits per heavy atom. The minimum absolute atomic E-state index is 0. The molecule has 0 radical (unpaired) electrons. The molecule has 3 aromatic carbocycles. The van der Waals surface area contributed by atoms with Gasteiger partial charge in [0, 0.05) is 28.4 Å². The third-order valence-corrected chi connectivity index (χ3v) is 4.53. The van der Waals surface area contributed by atoms with Crippen molar-refractivity contribution in [2.75, 3.05) is 11.5 Å². The van der Waals surface area contributed by atoms with Gasteiger partial charge in [0.05, 0.1) is 10.8 Å². The van der Waals surface area contributed by atoms with E-state index < -0.39 is 0 Å². The van der Waals surface area contributed by atoms with Crippen LogP contribution in [-0.4, -0.2) is 0 Å². The minimum Gasteiger partial charge on any atom is -1.00 e. The molecular weight excluding hydrogens is 410 g/mol. The number of hydrogen-bond acceptors (Lipinski definition) is 2. The van der Waals surface area contributed by atoms with E-state index in [0.717, 1.165) is 23.4 Å². The summed E-state index contributed by atoms with van der Waals surface area (Å²) in [5.41, 5.74) is 17.2. The molecule has 0 aliphatic heterocycles. The highest BCUT2D eigenvalue weighted by Crippen LogP contribution is 2.33. The van der Waals surface area contributed by atoms with Crippen molar-refractivity contribution < 1.29 is 21.5 Å². The maximum absolute atomic E-state index is 6.10. The number of nitrogen functional groups attached to an aromatic ring is 2. The predicted octanol–water partition coefficient (Wildman–Crippen LogP) is 1.56. The van der Waals surface area contributed by atoms with Crippen LogP contribution in [0, 0.1) is 0 Å². The van der Waals surface area contributed by atoms with Crippen LogP contribution in [0.3, 0.4) is 0 Å². The molecule has 4 rings (SSSR count). The Hall–Kier alpha value is -2.30.